The van der Waals surface area contributed by atoms with Gasteiger partial charge >= 0.3 is 5.97 Å². The summed E-state index contributed by atoms with van der Waals surface area (Å²) < 4.78 is 6.95. The topological polar surface area (TPSA) is 101 Å². The summed E-state index contributed by atoms with van der Waals surface area (Å²) in [7, 11) is 2.18. The Morgan fingerprint density at radius 2 is 1.76 bits per heavy atom. The minimum absolute atomic E-state index is 0.132. The quantitative estimate of drug-likeness (QED) is 0.208. The standard InChI is InChI=1S/C28H45N5O2Si.C7H5ClO2/c1-21(2)36(22(3)4,23(5)6)35-19-25-17-29-27-26(15-12-16-34-33(25)8)28(31-20-30-27)32(7)18-24-13-10-9-11-14-24;8-6-3-1-2-5(4-6)7(9)10/h9-15,20-23,25H,16-19H2,1-8H3,(H,29,30,31);1-4H,(H,9,10)/p+1/b15-12+;/t25-;/m0./s1. The molecule has 250 valence electrons. The van der Waals surface area contributed by atoms with Crippen LogP contribution in [0.2, 0.25) is 21.6 Å². The van der Waals surface area contributed by atoms with Crippen molar-refractivity contribution in [1.82, 2.24) is 9.97 Å². The van der Waals surface area contributed by atoms with Gasteiger partial charge in [0, 0.05) is 18.6 Å². The lowest BCUT2D eigenvalue weighted by molar-refractivity contribution is -1.09. The third-order valence-corrected chi connectivity index (χ3v) is 14.9. The van der Waals surface area contributed by atoms with Crippen molar-refractivity contribution in [2.45, 2.75) is 70.8 Å². The summed E-state index contributed by atoms with van der Waals surface area (Å²) in [5.74, 6) is 0.783. The number of nitrogens with one attached hydrogen (secondary N) is 2. The van der Waals surface area contributed by atoms with Crippen molar-refractivity contribution in [3.8, 4) is 0 Å². The van der Waals surface area contributed by atoms with Crippen molar-refractivity contribution >= 4 is 43.6 Å². The molecule has 0 bridgehead atoms. The van der Waals surface area contributed by atoms with Crippen LogP contribution in [0.3, 0.4) is 0 Å². The summed E-state index contributed by atoms with van der Waals surface area (Å²) in [4.78, 5) is 27.9. The van der Waals surface area contributed by atoms with Crippen LogP contribution < -0.4 is 15.3 Å². The van der Waals surface area contributed by atoms with Gasteiger partial charge in [-0.3, -0.25) is 0 Å². The molecule has 0 saturated carbocycles. The molecular weight excluding hydrogens is 618 g/mol. The van der Waals surface area contributed by atoms with E-state index in [9.17, 15) is 4.79 Å². The minimum atomic E-state index is -1.97. The predicted octanol–water partition coefficient (Wildman–Crippen LogP) is 6.60. The smallest absolute Gasteiger partial charge is 0.335 e. The average molecular weight is 669 g/mol. The largest absolute Gasteiger partial charge is 0.478 e. The zero-order valence-electron chi connectivity index (χ0n) is 28.5. The van der Waals surface area contributed by atoms with E-state index in [0.717, 1.165) is 28.8 Å². The van der Waals surface area contributed by atoms with E-state index in [1.54, 1.807) is 18.5 Å². The Labute approximate surface area is 280 Å². The summed E-state index contributed by atoms with van der Waals surface area (Å²) in [5, 5.41) is 13.5. The van der Waals surface area contributed by atoms with Crippen LogP contribution in [0, 0.1) is 0 Å². The highest BCUT2D eigenvalue weighted by Crippen LogP contribution is 2.42. The lowest BCUT2D eigenvalue weighted by Gasteiger charge is -2.43. The molecule has 3 aromatic rings. The number of halogens is 1. The Morgan fingerprint density at radius 3 is 2.35 bits per heavy atom. The molecule has 4 rings (SSSR count). The second-order valence-corrected chi connectivity index (χ2v) is 18.5. The van der Waals surface area contributed by atoms with Gasteiger partial charge in [0.1, 0.15) is 24.6 Å². The van der Waals surface area contributed by atoms with Crippen LogP contribution in [0.15, 0.2) is 67.0 Å². The highest BCUT2D eigenvalue weighted by atomic mass is 35.5. The van der Waals surface area contributed by atoms with E-state index >= 15 is 0 Å². The zero-order chi connectivity index (χ0) is 33.9. The summed E-state index contributed by atoms with van der Waals surface area (Å²) in [6.07, 6.45) is 5.76. The van der Waals surface area contributed by atoms with Crippen molar-refractivity contribution < 1.29 is 24.2 Å². The molecule has 0 aliphatic carbocycles. The van der Waals surface area contributed by atoms with Crippen LogP contribution in [0.5, 0.6) is 0 Å². The Hall–Kier alpha value is -3.28. The van der Waals surface area contributed by atoms with Gasteiger partial charge < -0.3 is 19.7 Å². The van der Waals surface area contributed by atoms with Gasteiger partial charge in [0.25, 0.3) is 0 Å². The molecule has 46 heavy (non-hydrogen) atoms. The molecule has 1 unspecified atom stereocenters. The van der Waals surface area contributed by atoms with Crippen molar-refractivity contribution in [1.29, 1.82) is 0 Å². The number of carboxylic acid groups (broad SMARTS) is 1. The van der Waals surface area contributed by atoms with Gasteiger partial charge in [-0.1, -0.05) is 95.6 Å². The molecular formula is C35H51ClN5O4Si+. The number of aromatic nitrogens is 2. The van der Waals surface area contributed by atoms with Gasteiger partial charge in [0.05, 0.1) is 31.3 Å². The molecule has 2 aromatic carbocycles. The van der Waals surface area contributed by atoms with Crippen LogP contribution in [0.4, 0.5) is 11.6 Å². The molecule has 1 aliphatic heterocycles. The predicted molar refractivity (Wildman–Crippen MR) is 190 cm³/mol. The van der Waals surface area contributed by atoms with Crippen LogP contribution in [0.25, 0.3) is 6.08 Å². The molecule has 1 aromatic heterocycles. The molecule has 1 aliphatic rings. The lowest BCUT2D eigenvalue weighted by atomic mass is 10.2. The highest BCUT2D eigenvalue weighted by molar-refractivity contribution is 6.77. The maximum absolute atomic E-state index is 10.3. The molecule has 0 spiro atoms. The van der Waals surface area contributed by atoms with Crippen molar-refractivity contribution in [2.75, 3.05) is 44.1 Å². The first-order chi connectivity index (χ1) is 21.9. The number of rotatable bonds is 10. The molecule has 9 nitrogen and oxygen atoms in total. The average Bonchev–Trinajstić information content (AvgIpc) is 3.01. The van der Waals surface area contributed by atoms with Crippen LogP contribution in [-0.2, 0) is 15.8 Å². The van der Waals surface area contributed by atoms with E-state index in [0.29, 0.717) is 41.4 Å². The molecule has 3 N–H and O–H groups in total. The number of likely N-dealkylation sites (N-methyl/N-ethyl adjacent to an activating group) is 1. The van der Waals surface area contributed by atoms with Gasteiger partial charge in [-0.2, -0.15) is 5.06 Å². The van der Waals surface area contributed by atoms with Gasteiger partial charge in [0.2, 0.25) is 8.32 Å². The first-order valence-electron chi connectivity index (χ1n) is 16.0. The number of nitrogens with zero attached hydrogens (tertiary/aromatic N) is 3. The second-order valence-electron chi connectivity index (χ2n) is 12.6. The van der Waals surface area contributed by atoms with E-state index in [1.807, 2.05) is 12.1 Å². The molecule has 0 fully saturated rings. The van der Waals surface area contributed by atoms with Gasteiger partial charge in [-0.15, -0.1) is 0 Å². The number of fused-ring (bicyclic) bond motifs is 1. The first kappa shape index (κ1) is 37.2. The summed E-state index contributed by atoms with van der Waals surface area (Å²) in [6, 6.07) is 16.7. The summed E-state index contributed by atoms with van der Waals surface area (Å²) in [6.45, 7) is 16.6. The number of carbonyl (C=O) groups is 1. The number of quaternary nitrogens is 1. The normalized spacial score (nSPS) is 17.5. The van der Waals surface area contributed by atoms with Crippen molar-refractivity contribution in [3.05, 3.63) is 88.7 Å². The first-order valence-corrected chi connectivity index (χ1v) is 18.5. The fourth-order valence-electron chi connectivity index (χ4n) is 6.29. The maximum Gasteiger partial charge on any atom is 0.335 e. The Kier molecular flexibility index (Phi) is 14.2. The fraction of sp³-hybridized carbons (Fsp3) is 0.457. The van der Waals surface area contributed by atoms with E-state index in [-0.39, 0.29) is 11.6 Å². The third kappa shape index (κ3) is 9.86. The van der Waals surface area contributed by atoms with E-state index in [4.69, 9.17) is 26.0 Å². The van der Waals surface area contributed by atoms with Crippen molar-refractivity contribution in [3.63, 3.8) is 0 Å². The van der Waals surface area contributed by atoms with Crippen LogP contribution in [-0.4, -0.2) is 69.3 Å². The Balaban J connectivity index is 0.000000489. The maximum atomic E-state index is 10.3. The number of hydroxylamine groups is 2. The SMILES string of the molecule is CC(C)[Si](OC[C@@H]1CNc2ncnc(N(C)Cc3ccccc3)c2/C=C/CO[NH+]1C)(C(C)C)C(C)C.O=C(O)c1cccc(Cl)c1. The number of hydrogen-bond acceptors (Lipinski definition) is 7. The zero-order valence-corrected chi connectivity index (χ0v) is 30.2. The minimum Gasteiger partial charge on any atom is -0.478 e. The van der Waals surface area contributed by atoms with Gasteiger partial charge in [-0.25, -0.2) is 19.6 Å². The van der Waals surface area contributed by atoms with E-state index < -0.39 is 14.3 Å². The van der Waals surface area contributed by atoms with E-state index in [1.165, 1.54) is 17.7 Å². The third-order valence-electron chi connectivity index (χ3n) is 8.58. The Morgan fingerprint density at radius 1 is 1.09 bits per heavy atom. The van der Waals surface area contributed by atoms with Gasteiger partial charge in [0.15, 0.2) is 6.04 Å². The monoisotopic (exact) mass is 668 g/mol. The highest BCUT2D eigenvalue weighted by Gasteiger charge is 2.46. The number of hydrogen-bond donors (Lipinski definition) is 3. The number of aromatic carboxylic acids is 1. The van der Waals surface area contributed by atoms with Crippen molar-refractivity contribution in [2.24, 2.45) is 0 Å². The Bertz CT molecular complexity index is 1400. The lowest BCUT2D eigenvalue weighted by Crippen LogP contribution is -3.13. The second kappa shape index (κ2) is 17.6. The van der Waals surface area contributed by atoms with Crippen LogP contribution >= 0.6 is 11.6 Å². The molecule has 0 saturated heterocycles. The number of carboxylic acids is 1. The van der Waals surface area contributed by atoms with E-state index in [2.05, 4.69) is 106 Å². The molecule has 0 amide bonds. The molecule has 2 atom stereocenters. The van der Waals surface area contributed by atoms with Crippen LogP contribution in [0.1, 0.15) is 63.0 Å². The summed E-state index contributed by atoms with van der Waals surface area (Å²) >= 11 is 5.53. The molecule has 2 heterocycles. The number of anilines is 2. The summed E-state index contributed by atoms with van der Waals surface area (Å²) in [5.41, 5.74) is 4.07. The fourth-order valence-corrected chi connectivity index (χ4v) is 12.0. The van der Waals surface area contributed by atoms with Gasteiger partial charge in [-0.05, 0) is 46.5 Å². The molecule has 11 heteroatoms. The number of benzene rings is 2. The molecule has 0 radical (unpaired) electrons.